The average Bonchev–Trinajstić information content (AvgIpc) is 2.45. The van der Waals surface area contributed by atoms with Crippen molar-refractivity contribution in [2.75, 3.05) is 0 Å². The van der Waals surface area contributed by atoms with Crippen molar-refractivity contribution in [3.05, 3.63) is 46.5 Å². The van der Waals surface area contributed by atoms with Crippen LogP contribution in [0.25, 0.3) is 0 Å². The van der Waals surface area contributed by atoms with Crippen LogP contribution in [0.3, 0.4) is 0 Å². The molecule has 0 saturated heterocycles. The van der Waals surface area contributed by atoms with Crippen molar-refractivity contribution in [2.45, 2.75) is 51.9 Å². The smallest absolute Gasteiger partial charge is 0.331 e. The minimum atomic E-state index is -0.954. The minimum Gasteiger partial charge on any atom is -0.478 e. The monoisotopic (exact) mass is 286 g/mol. The van der Waals surface area contributed by atoms with E-state index in [1.165, 1.54) is 0 Å². The Morgan fingerprint density at radius 2 is 1.48 bits per heavy atom. The van der Waals surface area contributed by atoms with E-state index in [4.69, 9.17) is 0 Å². The number of aliphatic carboxylic acids is 1. The number of hydrogen-bond acceptors (Lipinski definition) is 2. The molecular weight excluding hydrogens is 264 g/mol. The van der Waals surface area contributed by atoms with Crippen LogP contribution in [-0.4, -0.2) is 16.9 Å². The third-order valence-electron chi connectivity index (χ3n) is 4.01. The van der Waals surface area contributed by atoms with Crippen molar-refractivity contribution in [3.8, 4) is 0 Å². The lowest BCUT2D eigenvalue weighted by atomic mass is 9.84. The maximum atomic E-state index is 12.6. The van der Waals surface area contributed by atoms with E-state index in [0.717, 1.165) is 18.4 Å². The van der Waals surface area contributed by atoms with Crippen molar-refractivity contribution in [2.24, 2.45) is 0 Å². The van der Waals surface area contributed by atoms with Crippen LogP contribution in [0.1, 0.15) is 62.4 Å². The lowest BCUT2D eigenvalue weighted by Crippen LogP contribution is -2.16. The zero-order valence-electron chi connectivity index (χ0n) is 12.9. The fourth-order valence-corrected chi connectivity index (χ4v) is 2.69. The standard InChI is InChI=1S/C18H22O3/c1-18(2,3)13-10-8-12(9-11-13)16(19)14-6-4-5-7-15(14)17(20)21/h8-11H,4-7H2,1-3H3,(H,20,21). The molecule has 3 heteroatoms. The number of carboxylic acids is 1. The van der Waals surface area contributed by atoms with Gasteiger partial charge in [0.05, 0.1) is 0 Å². The van der Waals surface area contributed by atoms with Crippen LogP contribution in [0.5, 0.6) is 0 Å². The third kappa shape index (κ3) is 3.41. The second kappa shape index (κ2) is 5.84. The summed E-state index contributed by atoms with van der Waals surface area (Å²) in [5.74, 6) is -1.09. The number of carbonyl (C=O) groups excluding carboxylic acids is 1. The molecule has 0 saturated carbocycles. The van der Waals surface area contributed by atoms with Gasteiger partial charge in [-0.25, -0.2) is 4.79 Å². The van der Waals surface area contributed by atoms with E-state index in [1.807, 2.05) is 24.3 Å². The molecule has 1 aliphatic carbocycles. The molecule has 0 heterocycles. The largest absolute Gasteiger partial charge is 0.478 e. The number of hydrogen-bond donors (Lipinski definition) is 1. The fourth-order valence-electron chi connectivity index (χ4n) is 2.69. The molecule has 0 bridgehead atoms. The third-order valence-corrected chi connectivity index (χ3v) is 4.01. The predicted octanol–water partition coefficient (Wildman–Crippen LogP) is 4.12. The van der Waals surface area contributed by atoms with Gasteiger partial charge in [-0.05, 0) is 36.7 Å². The van der Waals surface area contributed by atoms with Gasteiger partial charge in [-0.3, -0.25) is 4.79 Å². The first-order chi connectivity index (χ1) is 9.80. The normalized spacial score (nSPS) is 16.0. The lowest BCUT2D eigenvalue weighted by Gasteiger charge is -2.20. The van der Waals surface area contributed by atoms with Crippen LogP contribution in [0.15, 0.2) is 35.4 Å². The van der Waals surface area contributed by atoms with E-state index < -0.39 is 5.97 Å². The fraction of sp³-hybridized carbons (Fsp3) is 0.444. The minimum absolute atomic E-state index is 0.0396. The first-order valence-electron chi connectivity index (χ1n) is 7.41. The summed E-state index contributed by atoms with van der Waals surface area (Å²) in [5, 5.41) is 9.25. The van der Waals surface area contributed by atoms with Crippen LogP contribution < -0.4 is 0 Å². The second-order valence-electron chi connectivity index (χ2n) is 6.63. The molecule has 1 aromatic carbocycles. The van der Waals surface area contributed by atoms with E-state index in [9.17, 15) is 14.7 Å². The predicted molar refractivity (Wildman–Crippen MR) is 82.6 cm³/mol. The number of Topliss-reactive ketones (excluding diaryl/α,β-unsaturated/α-hetero) is 1. The van der Waals surface area contributed by atoms with Gasteiger partial charge in [-0.1, -0.05) is 45.0 Å². The summed E-state index contributed by atoms with van der Waals surface area (Å²) >= 11 is 0. The summed E-state index contributed by atoms with van der Waals surface area (Å²) in [4.78, 5) is 23.8. The number of benzene rings is 1. The SMILES string of the molecule is CC(C)(C)c1ccc(C(=O)C2=C(C(=O)O)CCCC2)cc1. The Morgan fingerprint density at radius 3 is 1.95 bits per heavy atom. The highest BCUT2D eigenvalue weighted by Crippen LogP contribution is 2.29. The van der Waals surface area contributed by atoms with Gasteiger partial charge in [0.15, 0.2) is 5.78 Å². The van der Waals surface area contributed by atoms with E-state index in [2.05, 4.69) is 20.8 Å². The van der Waals surface area contributed by atoms with Crippen molar-refractivity contribution in [1.29, 1.82) is 0 Å². The molecular formula is C18H22O3. The Hall–Kier alpha value is -1.90. The summed E-state index contributed by atoms with van der Waals surface area (Å²) in [5.41, 5.74) is 2.56. The molecule has 0 atom stereocenters. The summed E-state index contributed by atoms with van der Waals surface area (Å²) in [6.45, 7) is 6.36. The highest BCUT2D eigenvalue weighted by molar-refractivity contribution is 6.12. The number of carbonyl (C=O) groups is 2. The van der Waals surface area contributed by atoms with E-state index in [-0.39, 0.29) is 11.2 Å². The molecule has 1 aliphatic rings. The van der Waals surface area contributed by atoms with Crippen LogP contribution in [0, 0.1) is 0 Å². The highest BCUT2D eigenvalue weighted by Gasteiger charge is 2.24. The first kappa shape index (κ1) is 15.5. The topological polar surface area (TPSA) is 54.4 Å². The van der Waals surface area contributed by atoms with Gasteiger partial charge < -0.3 is 5.11 Å². The molecule has 1 N–H and O–H groups in total. The van der Waals surface area contributed by atoms with Crippen molar-refractivity contribution in [3.63, 3.8) is 0 Å². The quantitative estimate of drug-likeness (QED) is 0.850. The molecule has 1 aromatic rings. The lowest BCUT2D eigenvalue weighted by molar-refractivity contribution is -0.133. The summed E-state index contributed by atoms with van der Waals surface area (Å²) in [7, 11) is 0. The van der Waals surface area contributed by atoms with Gasteiger partial charge in [-0.15, -0.1) is 0 Å². The van der Waals surface area contributed by atoms with Crippen LogP contribution in [0.2, 0.25) is 0 Å². The molecule has 0 aromatic heterocycles. The molecule has 0 spiro atoms. The van der Waals surface area contributed by atoms with Crippen LogP contribution in [0.4, 0.5) is 0 Å². The van der Waals surface area contributed by atoms with Crippen LogP contribution in [-0.2, 0) is 10.2 Å². The van der Waals surface area contributed by atoms with E-state index >= 15 is 0 Å². The molecule has 0 unspecified atom stereocenters. The Morgan fingerprint density at radius 1 is 0.952 bits per heavy atom. The van der Waals surface area contributed by atoms with Gasteiger partial charge in [0, 0.05) is 16.7 Å². The Bertz CT molecular complexity index is 586. The summed E-state index contributed by atoms with van der Waals surface area (Å²) in [6, 6.07) is 7.53. The van der Waals surface area contributed by atoms with Gasteiger partial charge >= 0.3 is 5.97 Å². The number of ketones is 1. The van der Waals surface area contributed by atoms with Crippen molar-refractivity contribution < 1.29 is 14.7 Å². The Balaban J connectivity index is 2.33. The molecule has 0 fully saturated rings. The van der Waals surface area contributed by atoms with Gasteiger partial charge in [-0.2, -0.15) is 0 Å². The van der Waals surface area contributed by atoms with Gasteiger partial charge in [0.25, 0.3) is 0 Å². The van der Waals surface area contributed by atoms with Crippen LogP contribution >= 0.6 is 0 Å². The molecule has 2 rings (SSSR count). The van der Waals surface area contributed by atoms with Crippen molar-refractivity contribution >= 4 is 11.8 Å². The Labute approximate surface area is 125 Å². The van der Waals surface area contributed by atoms with E-state index in [1.54, 1.807) is 0 Å². The molecule has 112 valence electrons. The number of carboxylic acid groups (broad SMARTS) is 1. The zero-order valence-corrected chi connectivity index (χ0v) is 12.9. The molecule has 0 amide bonds. The van der Waals surface area contributed by atoms with E-state index in [0.29, 0.717) is 29.6 Å². The molecule has 0 radical (unpaired) electrons. The van der Waals surface area contributed by atoms with Gasteiger partial charge in [0.1, 0.15) is 0 Å². The molecule has 21 heavy (non-hydrogen) atoms. The number of allylic oxidation sites excluding steroid dienone is 1. The van der Waals surface area contributed by atoms with Gasteiger partial charge in [0.2, 0.25) is 0 Å². The summed E-state index contributed by atoms with van der Waals surface area (Å²) < 4.78 is 0. The number of rotatable bonds is 3. The first-order valence-corrected chi connectivity index (χ1v) is 7.41. The average molecular weight is 286 g/mol. The highest BCUT2D eigenvalue weighted by atomic mass is 16.4. The summed E-state index contributed by atoms with van der Waals surface area (Å²) in [6.07, 6.45) is 2.80. The van der Waals surface area contributed by atoms with Crippen molar-refractivity contribution in [1.82, 2.24) is 0 Å². The second-order valence-corrected chi connectivity index (χ2v) is 6.63. The maximum absolute atomic E-state index is 12.6. The molecule has 3 nitrogen and oxygen atoms in total. The maximum Gasteiger partial charge on any atom is 0.331 e. The molecule has 0 aliphatic heterocycles. The Kier molecular flexibility index (Phi) is 4.31. The zero-order chi connectivity index (χ0) is 15.6.